The highest BCUT2D eigenvalue weighted by molar-refractivity contribution is 5.89. The molecule has 0 unspecified atom stereocenters. The van der Waals surface area contributed by atoms with Crippen LogP contribution in [0.1, 0.15) is 25.3 Å². The summed E-state index contributed by atoms with van der Waals surface area (Å²) in [5.74, 6) is 1.04. The van der Waals surface area contributed by atoms with Crippen LogP contribution in [0.5, 0.6) is 5.75 Å². The van der Waals surface area contributed by atoms with E-state index < -0.39 is 0 Å². The molecule has 1 aliphatic rings. The molecule has 1 N–H and O–H groups in total. The molecule has 0 amide bonds. The van der Waals surface area contributed by atoms with E-state index in [-0.39, 0.29) is 0 Å². The maximum absolute atomic E-state index is 5.97. The Kier molecular flexibility index (Phi) is 3.74. The lowest BCUT2D eigenvalue weighted by Gasteiger charge is -2.23. The van der Waals surface area contributed by atoms with Crippen LogP contribution in [0, 0.1) is 0 Å². The molecule has 19 heavy (non-hydrogen) atoms. The smallest absolute Gasteiger partial charge is 0.128 e. The average molecular weight is 258 g/mol. The highest BCUT2D eigenvalue weighted by Gasteiger charge is 2.13. The van der Waals surface area contributed by atoms with Crippen molar-refractivity contribution in [2.45, 2.75) is 26.2 Å². The second kappa shape index (κ2) is 5.66. The first-order valence-electron chi connectivity index (χ1n) is 7.32. The molecular weight excluding hydrogens is 236 g/mol. The van der Waals surface area contributed by atoms with Gasteiger partial charge in [-0.1, -0.05) is 13.0 Å². The molecule has 0 aliphatic carbocycles. The van der Waals surface area contributed by atoms with Crippen LogP contribution < -0.4 is 4.74 Å². The van der Waals surface area contributed by atoms with Crippen molar-refractivity contribution in [3.8, 4) is 5.75 Å². The fourth-order valence-electron chi connectivity index (χ4n) is 2.94. The monoisotopic (exact) mass is 258 g/mol. The summed E-state index contributed by atoms with van der Waals surface area (Å²) < 4.78 is 5.97. The van der Waals surface area contributed by atoms with Gasteiger partial charge in [0.25, 0.3) is 0 Å². The third-order valence-electron chi connectivity index (χ3n) is 3.86. The van der Waals surface area contributed by atoms with Crippen molar-refractivity contribution in [2.24, 2.45) is 0 Å². The van der Waals surface area contributed by atoms with Crippen LogP contribution in [0.2, 0.25) is 0 Å². The van der Waals surface area contributed by atoms with Crippen molar-refractivity contribution < 1.29 is 4.74 Å². The molecule has 0 radical (unpaired) electrons. The lowest BCUT2D eigenvalue weighted by Crippen LogP contribution is -2.29. The molecule has 102 valence electrons. The Labute approximate surface area is 114 Å². The van der Waals surface area contributed by atoms with Crippen LogP contribution in [0.15, 0.2) is 24.4 Å². The Hall–Kier alpha value is -1.48. The summed E-state index contributed by atoms with van der Waals surface area (Å²) in [5.41, 5.74) is 2.57. The van der Waals surface area contributed by atoms with Crippen LogP contribution in [-0.2, 0) is 6.42 Å². The van der Waals surface area contributed by atoms with Crippen LogP contribution in [0.4, 0.5) is 0 Å². The number of nitrogens with one attached hydrogen (secondary N) is 1. The first-order chi connectivity index (χ1) is 9.38. The molecule has 3 rings (SSSR count). The van der Waals surface area contributed by atoms with Gasteiger partial charge in [0, 0.05) is 30.2 Å². The summed E-state index contributed by atoms with van der Waals surface area (Å²) in [5, 5.41) is 1.28. The zero-order valence-corrected chi connectivity index (χ0v) is 11.6. The molecule has 0 saturated heterocycles. The van der Waals surface area contributed by atoms with Crippen molar-refractivity contribution in [1.82, 2.24) is 9.88 Å². The van der Waals surface area contributed by atoms with Gasteiger partial charge in [-0.3, -0.25) is 0 Å². The van der Waals surface area contributed by atoms with E-state index in [2.05, 4.69) is 41.2 Å². The Bertz CT molecular complexity index is 547. The summed E-state index contributed by atoms with van der Waals surface area (Å²) in [4.78, 5) is 5.92. The molecule has 1 aromatic heterocycles. The zero-order valence-electron chi connectivity index (χ0n) is 11.6. The molecule has 0 saturated carbocycles. The van der Waals surface area contributed by atoms with Crippen molar-refractivity contribution in [3.63, 3.8) is 0 Å². The van der Waals surface area contributed by atoms with Crippen molar-refractivity contribution in [3.05, 3.63) is 30.0 Å². The van der Waals surface area contributed by atoms with E-state index in [1.54, 1.807) is 0 Å². The molecule has 1 aromatic carbocycles. The maximum atomic E-state index is 5.97. The summed E-state index contributed by atoms with van der Waals surface area (Å²) in [6, 6.07) is 6.28. The van der Waals surface area contributed by atoms with Gasteiger partial charge in [-0.2, -0.15) is 0 Å². The standard InChI is InChI=1S/C16H22N2O/c1-2-8-18-9-4-11-19-15-6-3-5-14-16(15)13(7-10-18)12-17-14/h3,5-6,12,17H,2,4,7-11H2,1H3. The van der Waals surface area contributed by atoms with Gasteiger partial charge in [0.1, 0.15) is 5.75 Å². The van der Waals surface area contributed by atoms with Gasteiger partial charge in [0.2, 0.25) is 0 Å². The molecule has 3 nitrogen and oxygen atoms in total. The minimum Gasteiger partial charge on any atom is -0.493 e. The summed E-state index contributed by atoms with van der Waals surface area (Å²) in [6.45, 7) is 6.54. The SMILES string of the molecule is CCCN1CCCOc2cccc3[nH]cc(c23)CC1. The van der Waals surface area contributed by atoms with Crippen LogP contribution in [-0.4, -0.2) is 36.1 Å². The predicted octanol–water partition coefficient (Wildman–Crippen LogP) is 3.20. The number of aromatic nitrogens is 1. The van der Waals surface area contributed by atoms with Crippen molar-refractivity contribution >= 4 is 10.9 Å². The first kappa shape index (κ1) is 12.5. The van der Waals surface area contributed by atoms with Crippen LogP contribution in [0.25, 0.3) is 10.9 Å². The van der Waals surface area contributed by atoms with Gasteiger partial charge in [-0.15, -0.1) is 0 Å². The molecule has 0 fully saturated rings. The highest BCUT2D eigenvalue weighted by Crippen LogP contribution is 2.29. The van der Waals surface area contributed by atoms with E-state index in [9.17, 15) is 0 Å². The van der Waals surface area contributed by atoms with E-state index in [0.29, 0.717) is 0 Å². The number of ether oxygens (including phenoxy) is 1. The molecule has 0 bridgehead atoms. The van der Waals surface area contributed by atoms with Crippen molar-refractivity contribution in [1.29, 1.82) is 0 Å². The number of H-pyrrole nitrogens is 1. The van der Waals surface area contributed by atoms with Gasteiger partial charge in [-0.05, 0) is 43.5 Å². The Morgan fingerprint density at radius 3 is 3.16 bits per heavy atom. The minimum atomic E-state index is 0.809. The van der Waals surface area contributed by atoms with Gasteiger partial charge >= 0.3 is 0 Å². The summed E-state index contributed by atoms with van der Waals surface area (Å²) in [6.07, 6.45) is 5.57. The quantitative estimate of drug-likeness (QED) is 0.896. The van der Waals surface area contributed by atoms with Crippen molar-refractivity contribution in [2.75, 3.05) is 26.2 Å². The normalized spacial score (nSPS) is 17.3. The van der Waals surface area contributed by atoms with Gasteiger partial charge in [0.15, 0.2) is 0 Å². The largest absolute Gasteiger partial charge is 0.493 e. The first-order valence-corrected chi connectivity index (χ1v) is 7.32. The van der Waals surface area contributed by atoms with E-state index in [1.807, 2.05) is 0 Å². The third-order valence-corrected chi connectivity index (χ3v) is 3.86. The lowest BCUT2D eigenvalue weighted by molar-refractivity contribution is 0.234. The Morgan fingerprint density at radius 2 is 2.26 bits per heavy atom. The van der Waals surface area contributed by atoms with E-state index >= 15 is 0 Å². The predicted molar refractivity (Wildman–Crippen MR) is 78.8 cm³/mol. The lowest BCUT2D eigenvalue weighted by atomic mass is 10.1. The molecule has 0 atom stereocenters. The summed E-state index contributed by atoms with van der Waals surface area (Å²) >= 11 is 0. The second-order valence-electron chi connectivity index (χ2n) is 5.29. The Balaban J connectivity index is 1.92. The van der Waals surface area contributed by atoms with Gasteiger partial charge < -0.3 is 14.6 Å². The topological polar surface area (TPSA) is 28.3 Å². The fourth-order valence-corrected chi connectivity index (χ4v) is 2.94. The minimum absolute atomic E-state index is 0.809. The fraction of sp³-hybridized carbons (Fsp3) is 0.500. The molecular formula is C16H22N2O. The molecule has 2 aromatic rings. The maximum Gasteiger partial charge on any atom is 0.128 e. The Morgan fingerprint density at radius 1 is 1.32 bits per heavy atom. The number of rotatable bonds is 2. The number of hydrogen-bond donors (Lipinski definition) is 1. The van der Waals surface area contributed by atoms with E-state index in [4.69, 9.17) is 4.74 Å². The third kappa shape index (κ3) is 2.61. The highest BCUT2D eigenvalue weighted by atomic mass is 16.5. The molecule has 0 spiro atoms. The van der Waals surface area contributed by atoms with Gasteiger partial charge in [0.05, 0.1) is 6.61 Å². The number of benzene rings is 1. The second-order valence-corrected chi connectivity index (χ2v) is 5.29. The molecule has 1 aliphatic heterocycles. The summed E-state index contributed by atoms with van der Waals surface area (Å²) in [7, 11) is 0. The number of hydrogen-bond acceptors (Lipinski definition) is 2. The van der Waals surface area contributed by atoms with Crippen LogP contribution in [0.3, 0.4) is 0 Å². The average Bonchev–Trinajstić information content (AvgIpc) is 2.85. The number of aromatic amines is 1. The molecule has 2 heterocycles. The number of nitrogens with zero attached hydrogens (tertiary/aromatic N) is 1. The molecule has 3 heteroatoms. The van der Waals surface area contributed by atoms with E-state index in [1.165, 1.54) is 29.4 Å². The van der Waals surface area contributed by atoms with E-state index in [0.717, 1.165) is 38.3 Å². The van der Waals surface area contributed by atoms with Gasteiger partial charge in [-0.25, -0.2) is 0 Å². The van der Waals surface area contributed by atoms with Crippen LogP contribution >= 0.6 is 0 Å². The zero-order chi connectivity index (χ0) is 13.1.